The molecule has 2 nitrogen and oxygen atoms in total. The average Bonchev–Trinajstić information content (AvgIpc) is 2.33. The van der Waals surface area contributed by atoms with Gasteiger partial charge in [-0.3, -0.25) is 4.79 Å². The van der Waals surface area contributed by atoms with Crippen LogP contribution < -0.4 is 5.43 Å². The van der Waals surface area contributed by atoms with Crippen molar-refractivity contribution in [1.82, 2.24) is 4.57 Å². The van der Waals surface area contributed by atoms with Gasteiger partial charge in [-0.15, -0.1) is 0 Å². The van der Waals surface area contributed by atoms with Crippen molar-refractivity contribution >= 4 is 6.08 Å². The lowest BCUT2D eigenvalue weighted by Crippen LogP contribution is -2.02. The highest BCUT2D eigenvalue weighted by atomic mass is 16.1. The first-order valence-corrected chi connectivity index (χ1v) is 5.22. The summed E-state index contributed by atoms with van der Waals surface area (Å²) < 4.78 is 1.96. The lowest BCUT2D eigenvalue weighted by atomic mass is 10.2. The summed E-state index contributed by atoms with van der Waals surface area (Å²) in [5, 5.41) is 0. The molecule has 16 heavy (non-hydrogen) atoms. The van der Waals surface area contributed by atoms with Gasteiger partial charge in [0.25, 0.3) is 0 Å². The summed E-state index contributed by atoms with van der Waals surface area (Å²) in [4.78, 5) is 10.9. The normalized spacial score (nSPS) is 10.8. The second-order valence-electron chi connectivity index (χ2n) is 3.54. The van der Waals surface area contributed by atoms with Crippen molar-refractivity contribution in [3.8, 4) is 0 Å². The number of aromatic nitrogens is 1. The van der Waals surface area contributed by atoms with Gasteiger partial charge in [0.2, 0.25) is 0 Å². The Balaban J connectivity index is 2.00. The van der Waals surface area contributed by atoms with Crippen molar-refractivity contribution in [2.45, 2.75) is 6.54 Å². The first-order valence-electron chi connectivity index (χ1n) is 5.22. The summed E-state index contributed by atoms with van der Waals surface area (Å²) in [6.45, 7) is 0.773. The first kappa shape index (κ1) is 10.4. The zero-order valence-electron chi connectivity index (χ0n) is 8.91. The fourth-order valence-electron chi connectivity index (χ4n) is 1.44. The molecule has 0 atom stereocenters. The van der Waals surface area contributed by atoms with Crippen LogP contribution in [0.4, 0.5) is 0 Å². The Bertz CT molecular complexity index is 505. The maximum atomic E-state index is 10.9. The van der Waals surface area contributed by atoms with Crippen LogP contribution in [0.3, 0.4) is 0 Å². The summed E-state index contributed by atoms with van der Waals surface area (Å²) >= 11 is 0. The minimum absolute atomic E-state index is 0.0447. The van der Waals surface area contributed by atoms with Crippen molar-refractivity contribution in [1.29, 1.82) is 0 Å². The lowest BCUT2D eigenvalue weighted by molar-refractivity contribution is 0.813. The van der Waals surface area contributed by atoms with E-state index >= 15 is 0 Å². The zero-order valence-corrected chi connectivity index (χ0v) is 8.91. The van der Waals surface area contributed by atoms with E-state index in [9.17, 15) is 4.79 Å². The van der Waals surface area contributed by atoms with Crippen LogP contribution in [0.15, 0.2) is 65.7 Å². The highest BCUT2D eigenvalue weighted by Gasteiger charge is 1.86. The number of hydrogen-bond acceptors (Lipinski definition) is 1. The molecule has 80 valence electrons. The molecule has 0 saturated carbocycles. The Hall–Kier alpha value is -2.09. The first-order chi connectivity index (χ1) is 7.84. The molecule has 0 saturated heterocycles. The SMILES string of the molecule is O=c1ccn(C/C=C/c2ccccc2)cc1. The van der Waals surface area contributed by atoms with Gasteiger partial charge in [-0.2, -0.15) is 0 Å². The van der Waals surface area contributed by atoms with E-state index in [2.05, 4.69) is 24.3 Å². The molecule has 1 aromatic heterocycles. The molecule has 2 heteroatoms. The van der Waals surface area contributed by atoms with Gasteiger partial charge in [-0.1, -0.05) is 42.5 Å². The molecule has 0 spiro atoms. The molecule has 0 radical (unpaired) electrons. The van der Waals surface area contributed by atoms with Crippen LogP contribution in [-0.2, 0) is 6.54 Å². The highest BCUT2D eigenvalue weighted by molar-refractivity contribution is 5.48. The summed E-state index contributed by atoms with van der Waals surface area (Å²) in [6.07, 6.45) is 7.72. The van der Waals surface area contributed by atoms with E-state index in [1.54, 1.807) is 24.5 Å². The molecule has 0 unspecified atom stereocenters. The highest BCUT2D eigenvalue weighted by Crippen LogP contribution is 2.01. The van der Waals surface area contributed by atoms with Crippen molar-refractivity contribution in [2.75, 3.05) is 0 Å². The third-order valence-electron chi connectivity index (χ3n) is 2.29. The maximum absolute atomic E-state index is 10.9. The smallest absolute Gasteiger partial charge is 0.181 e. The molecule has 0 fully saturated rings. The van der Waals surface area contributed by atoms with Crippen molar-refractivity contribution in [3.05, 3.63) is 76.7 Å². The summed E-state index contributed by atoms with van der Waals surface area (Å²) in [5.74, 6) is 0. The van der Waals surface area contributed by atoms with Crippen molar-refractivity contribution in [3.63, 3.8) is 0 Å². The second-order valence-corrected chi connectivity index (χ2v) is 3.54. The van der Waals surface area contributed by atoms with Crippen LogP contribution in [0.5, 0.6) is 0 Å². The quantitative estimate of drug-likeness (QED) is 0.764. The number of benzene rings is 1. The van der Waals surface area contributed by atoms with Gasteiger partial charge in [-0.25, -0.2) is 0 Å². The van der Waals surface area contributed by atoms with Gasteiger partial charge in [0.05, 0.1) is 0 Å². The minimum atomic E-state index is 0.0447. The Morgan fingerprint density at radius 3 is 2.38 bits per heavy atom. The van der Waals surface area contributed by atoms with Crippen LogP contribution in [0.25, 0.3) is 6.08 Å². The molecule has 0 bridgehead atoms. The Morgan fingerprint density at radius 1 is 1.00 bits per heavy atom. The molecule has 0 aliphatic carbocycles. The third kappa shape index (κ3) is 2.95. The molecule has 2 aromatic rings. The molecule has 0 aliphatic rings. The zero-order chi connectivity index (χ0) is 11.2. The molecule has 1 aromatic carbocycles. The van der Waals surface area contributed by atoms with Crippen LogP contribution in [-0.4, -0.2) is 4.57 Å². The summed E-state index contributed by atoms with van der Waals surface area (Å²) in [5.41, 5.74) is 1.23. The molecule has 0 N–H and O–H groups in total. The predicted molar refractivity (Wildman–Crippen MR) is 66.2 cm³/mol. The molecule has 2 rings (SSSR count). The third-order valence-corrected chi connectivity index (χ3v) is 2.29. The van der Waals surface area contributed by atoms with Crippen LogP contribution >= 0.6 is 0 Å². The molecule has 0 amide bonds. The number of allylic oxidation sites excluding steroid dienone is 1. The van der Waals surface area contributed by atoms with Gasteiger partial charge in [-0.05, 0) is 5.56 Å². The second kappa shape index (κ2) is 5.12. The van der Waals surface area contributed by atoms with Gasteiger partial charge in [0.15, 0.2) is 5.43 Å². The fraction of sp³-hybridized carbons (Fsp3) is 0.0714. The molecular formula is C14H13NO. The number of nitrogens with zero attached hydrogens (tertiary/aromatic N) is 1. The largest absolute Gasteiger partial charge is 0.350 e. The van der Waals surface area contributed by atoms with Crippen LogP contribution in [0.2, 0.25) is 0 Å². The maximum Gasteiger partial charge on any atom is 0.181 e. The lowest BCUT2D eigenvalue weighted by Gasteiger charge is -2.00. The average molecular weight is 211 g/mol. The molecular weight excluding hydrogens is 198 g/mol. The Labute approximate surface area is 94.5 Å². The number of hydrogen-bond donors (Lipinski definition) is 0. The number of rotatable bonds is 3. The Kier molecular flexibility index (Phi) is 3.34. The Morgan fingerprint density at radius 2 is 1.69 bits per heavy atom. The van der Waals surface area contributed by atoms with Gasteiger partial charge in [0, 0.05) is 31.1 Å². The predicted octanol–water partition coefficient (Wildman–Crippen LogP) is 2.56. The standard InChI is InChI=1S/C14H13NO/c16-14-8-11-15(12-9-14)10-4-7-13-5-2-1-3-6-13/h1-9,11-12H,10H2/b7-4+. The van der Waals surface area contributed by atoms with E-state index in [1.807, 2.05) is 22.8 Å². The van der Waals surface area contributed by atoms with Crippen molar-refractivity contribution < 1.29 is 0 Å². The summed E-state index contributed by atoms with van der Waals surface area (Å²) in [6, 6.07) is 13.3. The van der Waals surface area contributed by atoms with Gasteiger partial charge < -0.3 is 4.57 Å². The fourth-order valence-corrected chi connectivity index (χ4v) is 1.44. The van der Waals surface area contributed by atoms with Crippen LogP contribution in [0.1, 0.15) is 5.56 Å². The minimum Gasteiger partial charge on any atom is -0.350 e. The monoisotopic (exact) mass is 211 g/mol. The molecule has 1 heterocycles. The van der Waals surface area contributed by atoms with Crippen molar-refractivity contribution in [2.24, 2.45) is 0 Å². The van der Waals surface area contributed by atoms with E-state index in [-0.39, 0.29) is 5.43 Å². The van der Waals surface area contributed by atoms with E-state index in [1.165, 1.54) is 5.56 Å². The van der Waals surface area contributed by atoms with E-state index in [4.69, 9.17) is 0 Å². The van der Waals surface area contributed by atoms with Gasteiger partial charge >= 0.3 is 0 Å². The van der Waals surface area contributed by atoms with Gasteiger partial charge in [0.1, 0.15) is 0 Å². The van der Waals surface area contributed by atoms with E-state index < -0.39 is 0 Å². The van der Waals surface area contributed by atoms with Crippen LogP contribution in [0, 0.1) is 0 Å². The molecule has 0 aliphatic heterocycles. The van der Waals surface area contributed by atoms with E-state index in [0.29, 0.717) is 0 Å². The van der Waals surface area contributed by atoms with E-state index in [0.717, 1.165) is 6.54 Å². The number of pyridine rings is 1. The topological polar surface area (TPSA) is 22.0 Å². The summed E-state index contributed by atoms with van der Waals surface area (Å²) in [7, 11) is 0.